The van der Waals surface area contributed by atoms with E-state index in [-0.39, 0.29) is 5.91 Å². The lowest BCUT2D eigenvalue weighted by Gasteiger charge is -2.36. The topological polar surface area (TPSA) is 79.8 Å². The van der Waals surface area contributed by atoms with E-state index in [1.807, 2.05) is 53.6 Å². The molecule has 1 aliphatic rings. The molecule has 0 saturated carbocycles. The third kappa shape index (κ3) is 3.39. The number of fused-ring (bicyclic) bond motifs is 1. The molecule has 1 aliphatic heterocycles. The summed E-state index contributed by atoms with van der Waals surface area (Å²) >= 11 is 0. The predicted octanol–water partition coefficient (Wildman–Crippen LogP) is 0.948. The van der Waals surface area contributed by atoms with E-state index in [1.165, 1.54) is 0 Å². The average molecular weight is 350 g/mol. The van der Waals surface area contributed by atoms with Crippen molar-refractivity contribution in [3.8, 4) is 0 Å². The number of aromatic nitrogens is 3. The van der Waals surface area contributed by atoms with E-state index >= 15 is 0 Å². The zero-order valence-electron chi connectivity index (χ0n) is 14.5. The number of imidazole rings is 1. The number of nitrogens with zero attached hydrogens (tertiary/aromatic N) is 5. The molecule has 1 atom stereocenters. The predicted molar refractivity (Wildman–Crippen MR) is 99.9 cm³/mol. The van der Waals surface area contributed by atoms with Gasteiger partial charge in [0, 0.05) is 38.6 Å². The van der Waals surface area contributed by atoms with Crippen molar-refractivity contribution in [2.45, 2.75) is 12.5 Å². The number of carbonyl (C=O) groups is 1. The van der Waals surface area contributed by atoms with Crippen molar-refractivity contribution >= 4 is 17.4 Å². The molecule has 1 aromatic carbocycles. The van der Waals surface area contributed by atoms with Crippen LogP contribution in [0.1, 0.15) is 5.56 Å². The van der Waals surface area contributed by atoms with E-state index in [0.717, 1.165) is 30.1 Å². The Morgan fingerprint density at radius 2 is 1.85 bits per heavy atom. The van der Waals surface area contributed by atoms with Gasteiger partial charge < -0.3 is 15.5 Å². The molecule has 0 radical (unpaired) electrons. The molecule has 0 bridgehead atoms. The Labute approximate surface area is 152 Å². The summed E-state index contributed by atoms with van der Waals surface area (Å²) in [6.07, 6.45) is 4.14. The number of piperazine rings is 1. The average Bonchev–Trinajstić information content (AvgIpc) is 3.16. The first-order valence-electron chi connectivity index (χ1n) is 8.84. The maximum atomic E-state index is 12.6. The first-order valence-corrected chi connectivity index (χ1v) is 8.84. The smallest absolute Gasteiger partial charge is 0.239 e. The van der Waals surface area contributed by atoms with Gasteiger partial charge in [0.05, 0.1) is 6.04 Å². The highest BCUT2D eigenvalue weighted by Gasteiger charge is 2.26. The Kier molecular flexibility index (Phi) is 4.53. The van der Waals surface area contributed by atoms with E-state index in [4.69, 9.17) is 5.73 Å². The van der Waals surface area contributed by atoms with Crippen LogP contribution in [0.2, 0.25) is 0 Å². The number of anilines is 1. The van der Waals surface area contributed by atoms with Crippen molar-refractivity contribution in [1.82, 2.24) is 19.5 Å². The fourth-order valence-electron chi connectivity index (χ4n) is 3.32. The van der Waals surface area contributed by atoms with Crippen LogP contribution < -0.4 is 10.6 Å². The van der Waals surface area contributed by atoms with Gasteiger partial charge >= 0.3 is 0 Å². The third-order valence-electron chi connectivity index (χ3n) is 4.77. The Hall–Kier alpha value is -2.93. The maximum absolute atomic E-state index is 12.6. The first-order chi connectivity index (χ1) is 12.7. The van der Waals surface area contributed by atoms with Crippen molar-refractivity contribution in [3.05, 3.63) is 60.4 Å². The number of hydrogen-bond acceptors (Lipinski definition) is 5. The lowest BCUT2D eigenvalue weighted by Crippen LogP contribution is -2.53. The van der Waals surface area contributed by atoms with Crippen LogP contribution >= 0.6 is 0 Å². The molecule has 1 amide bonds. The second-order valence-corrected chi connectivity index (χ2v) is 6.53. The summed E-state index contributed by atoms with van der Waals surface area (Å²) in [6, 6.07) is 13.3. The summed E-state index contributed by atoms with van der Waals surface area (Å²) in [5, 5.41) is 4.57. The zero-order valence-corrected chi connectivity index (χ0v) is 14.5. The number of benzene rings is 1. The molecule has 3 heterocycles. The summed E-state index contributed by atoms with van der Waals surface area (Å²) in [5.41, 5.74) is 8.06. The monoisotopic (exact) mass is 350 g/mol. The van der Waals surface area contributed by atoms with Crippen molar-refractivity contribution < 1.29 is 4.79 Å². The van der Waals surface area contributed by atoms with E-state index in [0.29, 0.717) is 19.5 Å². The lowest BCUT2D eigenvalue weighted by atomic mass is 10.1. The van der Waals surface area contributed by atoms with Crippen LogP contribution in [-0.2, 0) is 11.2 Å². The fourth-order valence-corrected chi connectivity index (χ4v) is 3.32. The summed E-state index contributed by atoms with van der Waals surface area (Å²) < 4.78 is 1.77. The summed E-state index contributed by atoms with van der Waals surface area (Å²) in [5.74, 6) is 0.919. The highest BCUT2D eigenvalue weighted by Crippen LogP contribution is 2.15. The molecule has 26 heavy (non-hydrogen) atoms. The van der Waals surface area contributed by atoms with E-state index in [2.05, 4.69) is 15.0 Å². The Balaban J connectivity index is 1.35. The molecule has 2 aromatic heterocycles. The van der Waals surface area contributed by atoms with Crippen LogP contribution in [-0.4, -0.2) is 57.6 Å². The van der Waals surface area contributed by atoms with Gasteiger partial charge in [0.25, 0.3) is 0 Å². The van der Waals surface area contributed by atoms with Gasteiger partial charge in [0.1, 0.15) is 5.82 Å². The van der Waals surface area contributed by atoms with E-state index < -0.39 is 6.04 Å². The van der Waals surface area contributed by atoms with Crippen molar-refractivity contribution in [2.24, 2.45) is 5.73 Å². The number of amides is 1. The molecule has 4 rings (SSSR count). The minimum Gasteiger partial charge on any atom is -0.352 e. The first kappa shape index (κ1) is 16.5. The van der Waals surface area contributed by atoms with Crippen LogP contribution in [0.4, 0.5) is 5.82 Å². The Bertz CT molecular complexity index is 885. The van der Waals surface area contributed by atoms with Gasteiger partial charge in [-0.15, -0.1) is 5.10 Å². The zero-order chi connectivity index (χ0) is 17.9. The quantitative estimate of drug-likeness (QED) is 0.758. The Morgan fingerprint density at radius 1 is 1.08 bits per heavy atom. The largest absolute Gasteiger partial charge is 0.352 e. The fraction of sp³-hybridized carbons (Fsp3) is 0.316. The van der Waals surface area contributed by atoms with Gasteiger partial charge in [-0.1, -0.05) is 30.3 Å². The van der Waals surface area contributed by atoms with Gasteiger partial charge in [-0.05, 0) is 24.1 Å². The van der Waals surface area contributed by atoms with Crippen molar-refractivity contribution in [2.75, 3.05) is 31.1 Å². The van der Waals surface area contributed by atoms with Crippen LogP contribution in [0, 0.1) is 0 Å². The Morgan fingerprint density at radius 3 is 2.62 bits per heavy atom. The standard InChI is InChI=1S/C19H22N6O/c20-16(14-15-4-2-1-3-5-15)19(26)24-12-10-23(11-13-24)18-7-6-17-21-8-9-25(17)22-18/h1-9,16H,10-14,20H2/t16-/m0/s1. The second-order valence-electron chi connectivity index (χ2n) is 6.53. The summed E-state index contributed by atoms with van der Waals surface area (Å²) in [7, 11) is 0. The molecular formula is C19H22N6O. The normalized spacial score (nSPS) is 16.0. The molecule has 0 unspecified atom stereocenters. The van der Waals surface area contributed by atoms with Crippen LogP contribution in [0.25, 0.3) is 5.65 Å². The summed E-state index contributed by atoms with van der Waals surface area (Å²) in [4.78, 5) is 20.9. The molecule has 3 aromatic rings. The molecule has 134 valence electrons. The molecule has 0 aliphatic carbocycles. The number of rotatable bonds is 4. The third-order valence-corrected chi connectivity index (χ3v) is 4.77. The molecule has 1 fully saturated rings. The molecular weight excluding hydrogens is 328 g/mol. The number of nitrogens with two attached hydrogens (primary N) is 1. The second kappa shape index (κ2) is 7.13. The van der Waals surface area contributed by atoms with Crippen molar-refractivity contribution in [3.63, 3.8) is 0 Å². The van der Waals surface area contributed by atoms with Crippen LogP contribution in [0.15, 0.2) is 54.9 Å². The lowest BCUT2D eigenvalue weighted by molar-refractivity contribution is -0.132. The SMILES string of the molecule is N[C@@H](Cc1ccccc1)C(=O)N1CCN(c2ccc3nccn3n2)CC1. The van der Waals surface area contributed by atoms with Gasteiger partial charge in [-0.25, -0.2) is 9.50 Å². The minimum atomic E-state index is -0.496. The molecule has 7 heteroatoms. The van der Waals surface area contributed by atoms with Gasteiger partial charge in [0.2, 0.25) is 5.91 Å². The van der Waals surface area contributed by atoms with E-state index in [9.17, 15) is 4.79 Å². The van der Waals surface area contributed by atoms with Crippen LogP contribution in [0.5, 0.6) is 0 Å². The minimum absolute atomic E-state index is 0.0199. The van der Waals surface area contributed by atoms with Crippen LogP contribution in [0.3, 0.4) is 0 Å². The molecule has 1 saturated heterocycles. The van der Waals surface area contributed by atoms with Gasteiger partial charge in [-0.3, -0.25) is 4.79 Å². The summed E-state index contributed by atoms with van der Waals surface area (Å²) in [6.45, 7) is 2.81. The van der Waals surface area contributed by atoms with Gasteiger partial charge in [-0.2, -0.15) is 0 Å². The highest BCUT2D eigenvalue weighted by molar-refractivity contribution is 5.82. The number of hydrogen-bond donors (Lipinski definition) is 1. The maximum Gasteiger partial charge on any atom is 0.239 e. The van der Waals surface area contributed by atoms with Crippen molar-refractivity contribution in [1.29, 1.82) is 0 Å². The highest BCUT2D eigenvalue weighted by atomic mass is 16.2. The number of carbonyl (C=O) groups excluding carboxylic acids is 1. The van der Waals surface area contributed by atoms with E-state index in [1.54, 1.807) is 10.7 Å². The molecule has 0 spiro atoms. The van der Waals surface area contributed by atoms with Gasteiger partial charge in [0.15, 0.2) is 5.65 Å². The molecule has 2 N–H and O–H groups in total. The molecule has 7 nitrogen and oxygen atoms in total.